The van der Waals surface area contributed by atoms with Crippen molar-refractivity contribution in [1.82, 2.24) is 0 Å². The highest BCUT2D eigenvalue weighted by molar-refractivity contribution is 5.85. The Kier molecular flexibility index (Phi) is 3.55. The first-order valence-electron chi connectivity index (χ1n) is 5.89. The molecular weight excluding hydrogens is 242 g/mol. The van der Waals surface area contributed by atoms with Crippen molar-refractivity contribution in [1.29, 1.82) is 0 Å². The van der Waals surface area contributed by atoms with Gasteiger partial charge in [-0.15, -0.1) is 19.0 Å². The number of nitrogens with two attached hydrogens (primary N) is 1. The van der Waals surface area contributed by atoms with Gasteiger partial charge < -0.3 is 5.73 Å². The second kappa shape index (κ2) is 4.97. The van der Waals surface area contributed by atoms with E-state index in [1.54, 1.807) is 6.08 Å². The van der Waals surface area contributed by atoms with Crippen molar-refractivity contribution in [2.75, 3.05) is 0 Å². The first-order valence-corrected chi connectivity index (χ1v) is 5.89. The maximum Gasteiger partial charge on any atom is 0.0478 e. The molecule has 0 aliphatic heterocycles. The topological polar surface area (TPSA) is 26.0 Å². The molecule has 0 saturated carbocycles. The van der Waals surface area contributed by atoms with E-state index < -0.39 is 0 Å². The van der Waals surface area contributed by atoms with Gasteiger partial charge in [0.15, 0.2) is 0 Å². The van der Waals surface area contributed by atoms with Crippen LogP contribution in [0.3, 0.4) is 0 Å². The fourth-order valence-corrected chi connectivity index (χ4v) is 2.51. The molecule has 2 aromatic rings. The third-order valence-electron chi connectivity index (χ3n) is 3.46. The molecule has 0 spiro atoms. The van der Waals surface area contributed by atoms with Crippen molar-refractivity contribution in [2.24, 2.45) is 5.73 Å². The van der Waals surface area contributed by atoms with E-state index in [9.17, 15) is 0 Å². The van der Waals surface area contributed by atoms with Gasteiger partial charge in [-0.25, -0.2) is 0 Å². The lowest BCUT2D eigenvalue weighted by Crippen LogP contribution is -2.06. The van der Waals surface area contributed by atoms with Gasteiger partial charge in [0.25, 0.3) is 0 Å². The minimum absolute atomic E-state index is 0. The van der Waals surface area contributed by atoms with Crippen LogP contribution in [0.5, 0.6) is 0 Å². The Morgan fingerprint density at radius 3 is 2.56 bits per heavy atom. The van der Waals surface area contributed by atoms with Crippen LogP contribution in [0.2, 0.25) is 0 Å². The largest absolute Gasteiger partial charge is 0.321 e. The molecule has 92 valence electrons. The third kappa shape index (κ3) is 1.96. The number of rotatable bonds is 2. The predicted octanol–water partition coefficient (Wildman–Crippen LogP) is 3.87. The number of fused-ring (bicyclic) bond motifs is 3. The highest BCUT2D eigenvalue weighted by Crippen LogP contribution is 2.37. The van der Waals surface area contributed by atoms with Gasteiger partial charge in [0.05, 0.1) is 0 Å². The molecule has 2 N–H and O–H groups in total. The molecule has 0 fully saturated rings. The SMILES string of the molecule is C=C[C@@H](N)c1ccc2c(c1)Cc1ccccc1-2.Cl. The first kappa shape index (κ1) is 12.9. The molecule has 1 nitrogen and oxygen atoms in total. The zero-order valence-corrected chi connectivity index (χ0v) is 10.9. The summed E-state index contributed by atoms with van der Waals surface area (Å²) in [5, 5.41) is 0. The number of halogens is 1. The molecule has 0 bridgehead atoms. The molecule has 3 rings (SSSR count). The molecule has 0 unspecified atom stereocenters. The van der Waals surface area contributed by atoms with Gasteiger partial charge in [0.2, 0.25) is 0 Å². The van der Waals surface area contributed by atoms with Gasteiger partial charge in [0.1, 0.15) is 0 Å². The zero-order chi connectivity index (χ0) is 11.8. The molecule has 1 aliphatic rings. The zero-order valence-electron chi connectivity index (χ0n) is 10.1. The molecule has 0 saturated heterocycles. The average molecular weight is 258 g/mol. The summed E-state index contributed by atoms with van der Waals surface area (Å²) in [5.74, 6) is 0. The van der Waals surface area contributed by atoms with Crippen LogP contribution < -0.4 is 5.73 Å². The smallest absolute Gasteiger partial charge is 0.0478 e. The second-order valence-corrected chi connectivity index (χ2v) is 4.51. The molecule has 0 radical (unpaired) electrons. The van der Waals surface area contributed by atoms with E-state index >= 15 is 0 Å². The standard InChI is InChI=1S/C16H15N.ClH/c1-2-16(17)12-7-8-15-13(10-12)9-11-5-3-4-6-14(11)15;/h2-8,10,16H,1,9,17H2;1H/t16-;/m1./s1. The fourth-order valence-electron chi connectivity index (χ4n) is 2.51. The monoisotopic (exact) mass is 257 g/mol. The summed E-state index contributed by atoms with van der Waals surface area (Å²) in [5.41, 5.74) is 12.6. The first-order chi connectivity index (χ1) is 8.29. The maximum atomic E-state index is 5.98. The van der Waals surface area contributed by atoms with E-state index in [1.807, 2.05) is 0 Å². The second-order valence-electron chi connectivity index (χ2n) is 4.51. The Morgan fingerprint density at radius 1 is 1.06 bits per heavy atom. The van der Waals surface area contributed by atoms with Crippen molar-refractivity contribution in [3.63, 3.8) is 0 Å². The molecule has 1 aliphatic carbocycles. The lowest BCUT2D eigenvalue weighted by atomic mass is 10.00. The highest BCUT2D eigenvalue weighted by Gasteiger charge is 2.18. The quantitative estimate of drug-likeness (QED) is 0.693. The van der Waals surface area contributed by atoms with Gasteiger partial charge >= 0.3 is 0 Å². The molecule has 2 aromatic carbocycles. The summed E-state index contributed by atoms with van der Waals surface area (Å²) < 4.78 is 0. The van der Waals surface area contributed by atoms with Crippen molar-refractivity contribution in [2.45, 2.75) is 12.5 Å². The molecule has 0 amide bonds. The third-order valence-corrected chi connectivity index (χ3v) is 3.46. The van der Waals surface area contributed by atoms with Crippen LogP contribution in [0.25, 0.3) is 11.1 Å². The van der Waals surface area contributed by atoms with Gasteiger partial charge in [-0.3, -0.25) is 0 Å². The fraction of sp³-hybridized carbons (Fsp3) is 0.125. The van der Waals surface area contributed by atoms with Crippen LogP contribution in [0.1, 0.15) is 22.7 Å². The maximum absolute atomic E-state index is 5.98. The predicted molar refractivity (Wildman–Crippen MR) is 79.1 cm³/mol. The van der Waals surface area contributed by atoms with Crippen molar-refractivity contribution >= 4 is 12.4 Å². The van der Waals surface area contributed by atoms with Crippen LogP contribution in [0.15, 0.2) is 55.1 Å². The summed E-state index contributed by atoms with van der Waals surface area (Å²) in [4.78, 5) is 0. The molecule has 1 atom stereocenters. The number of benzene rings is 2. The van der Waals surface area contributed by atoms with Crippen molar-refractivity contribution < 1.29 is 0 Å². The van der Waals surface area contributed by atoms with Crippen molar-refractivity contribution in [3.05, 3.63) is 71.8 Å². The van der Waals surface area contributed by atoms with E-state index in [-0.39, 0.29) is 18.4 Å². The molecule has 2 heteroatoms. The Labute approximate surface area is 114 Å². The van der Waals surface area contributed by atoms with Crippen LogP contribution in [-0.4, -0.2) is 0 Å². The Morgan fingerprint density at radius 2 is 1.78 bits per heavy atom. The Balaban J connectivity index is 0.00000120. The molecule has 0 aromatic heterocycles. The van der Waals surface area contributed by atoms with Crippen LogP contribution in [0.4, 0.5) is 0 Å². The highest BCUT2D eigenvalue weighted by atomic mass is 35.5. The van der Waals surface area contributed by atoms with E-state index in [2.05, 4.69) is 49.0 Å². The van der Waals surface area contributed by atoms with Crippen molar-refractivity contribution in [3.8, 4) is 11.1 Å². The van der Waals surface area contributed by atoms with Gasteiger partial charge in [0, 0.05) is 6.04 Å². The summed E-state index contributed by atoms with van der Waals surface area (Å²) in [6.45, 7) is 3.75. The average Bonchev–Trinajstić information content (AvgIpc) is 2.75. The van der Waals surface area contributed by atoms with Gasteiger partial charge in [-0.2, -0.15) is 0 Å². The summed E-state index contributed by atoms with van der Waals surface area (Å²) in [6.07, 6.45) is 2.80. The lowest BCUT2D eigenvalue weighted by molar-refractivity contribution is 0.911. The molecular formula is C16H16ClN. The van der Waals surface area contributed by atoms with Crippen LogP contribution in [-0.2, 0) is 6.42 Å². The Hall–Kier alpha value is -1.57. The lowest BCUT2D eigenvalue weighted by Gasteiger charge is -2.09. The number of hydrogen-bond donors (Lipinski definition) is 1. The van der Waals surface area contributed by atoms with E-state index in [1.165, 1.54) is 22.3 Å². The normalized spacial score (nSPS) is 13.2. The van der Waals surface area contributed by atoms with Gasteiger partial charge in [-0.1, -0.05) is 48.5 Å². The minimum atomic E-state index is -0.0657. The van der Waals surface area contributed by atoms with Gasteiger partial charge in [-0.05, 0) is 34.2 Å². The molecule has 18 heavy (non-hydrogen) atoms. The summed E-state index contributed by atoms with van der Waals surface area (Å²) >= 11 is 0. The Bertz CT molecular complexity index is 589. The summed E-state index contributed by atoms with van der Waals surface area (Å²) in [6, 6.07) is 15.0. The summed E-state index contributed by atoms with van der Waals surface area (Å²) in [7, 11) is 0. The van der Waals surface area contributed by atoms with E-state index in [4.69, 9.17) is 5.73 Å². The van der Waals surface area contributed by atoms with E-state index in [0.29, 0.717) is 0 Å². The molecule has 0 heterocycles. The van der Waals surface area contributed by atoms with E-state index in [0.717, 1.165) is 12.0 Å². The number of hydrogen-bond acceptors (Lipinski definition) is 1. The minimum Gasteiger partial charge on any atom is -0.321 e. The van der Waals surface area contributed by atoms with Crippen LogP contribution in [0, 0.1) is 0 Å². The van der Waals surface area contributed by atoms with Crippen LogP contribution >= 0.6 is 12.4 Å².